The molecule has 0 spiro atoms. The monoisotopic (exact) mass is 699 g/mol. The predicted molar refractivity (Wildman–Crippen MR) is 186 cm³/mol. The number of benzene rings is 4. The molecule has 0 saturated carbocycles. The molecular weight excluding hydrogens is 665 g/mol. The average Bonchev–Trinajstić information content (AvgIpc) is 3.02. The quantitative estimate of drug-likeness (QED) is 0.155. The van der Waals surface area contributed by atoms with Crippen LogP contribution in [0.4, 0.5) is 5.69 Å². The number of halogens is 3. The molecule has 2 atom stereocenters. The molecule has 242 valence electrons. The first kappa shape index (κ1) is 35.3. The third kappa shape index (κ3) is 9.26. The number of carbonyl (C=O) groups excluding carboxylic acids is 2. The van der Waals surface area contributed by atoms with Gasteiger partial charge in [0.05, 0.1) is 10.6 Å². The van der Waals surface area contributed by atoms with Crippen LogP contribution < -0.4 is 9.62 Å². The van der Waals surface area contributed by atoms with Crippen molar-refractivity contribution in [2.45, 2.75) is 57.1 Å². The van der Waals surface area contributed by atoms with Gasteiger partial charge in [-0.2, -0.15) is 0 Å². The lowest BCUT2D eigenvalue weighted by molar-refractivity contribution is -0.140. The molecule has 0 aromatic heterocycles. The average molecular weight is 701 g/mol. The summed E-state index contributed by atoms with van der Waals surface area (Å²) in [4.78, 5) is 29.9. The van der Waals surface area contributed by atoms with Gasteiger partial charge in [0.25, 0.3) is 10.0 Å². The smallest absolute Gasteiger partial charge is 0.264 e. The summed E-state index contributed by atoms with van der Waals surface area (Å²) in [6, 6.07) is 25.9. The minimum absolute atomic E-state index is 0.0124. The van der Waals surface area contributed by atoms with Crippen LogP contribution in [0, 0.1) is 6.92 Å². The van der Waals surface area contributed by atoms with Gasteiger partial charge in [-0.05, 0) is 73.9 Å². The maximum Gasteiger partial charge on any atom is 0.264 e. The van der Waals surface area contributed by atoms with Crippen LogP contribution in [0.1, 0.15) is 37.0 Å². The second-order valence-corrected chi connectivity index (χ2v) is 14.3. The topological polar surface area (TPSA) is 86.8 Å². The Morgan fingerprint density at radius 3 is 2.00 bits per heavy atom. The van der Waals surface area contributed by atoms with Crippen molar-refractivity contribution < 1.29 is 18.0 Å². The Morgan fingerprint density at radius 1 is 0.804 bits per heavy atom. The Kier molecular flexibility index (Phi) is 12.1. The Bertz CT molecular complexity index is 1730. The van der Waals surface area contributed by atoms with Crippen molar-refractivity contribution in [3.63, 3.8) is 0 Å². The van der Waals surface area contributed by atoms with E-state index >= 15 is 0 Å². The van der Waals surface area contributed by atoms with E-state index in [-0.39, 0.29) is 45.5 Å². The molecule has 2 amide bonds. The molecule has 4 aromatic carbocycles. The second-order valence-electron chi connectivity index (χ2n) is 11.1. The highest BCUT2D eigenvalue weighted by Gasteiger charge is 2.35. The van der Waals surface area contributed by atoms with E-state index in [2.05, 4.69) is 5.32 Å². The van der Waals surface area contributed by atoms with Crippen LogP contribution in [0.25, 0.3) is 0 Å². The number of anilines is 1. The van der Waals surface area contributed by atoms with Crippen LogP contribution in [-0.4, -0.2) is 43.8 Å². The van der Waals surface area contributed by atoms with Crippen molar-refractivity contribution >= 4 is 62.3 Å². The minimum atomic E-state index is -4.29. The van der Waals surface area contributed by atoms with Crippen LogP contribution in [0.5, 0.6) is 0 Å². The first-order valence-corrected chi connectivity index (χ1v) is 17.4. The molecule has 0 radical (unpaired) electrons. The highest BCUT2D eigenvalue weighted by molar-refractivity contribution is 7.92. The van der Waals surface area contributed by atoms with Crippen molar-refractivity contribution in [2.75, 3.05) is 10.8 Å². The molecule has 0 saturated heterocycles. The molecule has 0 aliphatic rings. The third-order valence-electron chi connectivity index (χ3n) is 7.56. The summed E-state index contributed by atoms with van der Waals surface area (Å²) in [6.07, 6.45) is 0.892. The number of aryl methyl sites for hydroxylation is 1. The summed E-state index contributed by atoms with van der Waals surface area (Å²) < 4.78 is 29.3. The van der Waals surface area contributed by atoms with E-state index in [1.54, 1.807) is 36.4 Å². The Hall–Kier alpha value is -3.56. The van der Waals surface area contributed by atoms with Crippen LogP contribution in [0.3, 0.4) is 0 Å². The minimum Gasteiger partial charge on any atom is -0.352 e. The van der Waals surface area contributed by atoms with Crippen molar-refractivity contribution in [1.82, 2.24) is 10.2 Å². The Morgan fingerprint density at radius 2 is 1.41 bits per heavy atom. The number of nitrogens with one attached hydrogen (secondary N) is 1. The predicted octanol–water partition coefficient (Wildman–Crippen LogP) is 7.71. The number of nitrogens with zero attached hydrogens (tertiary/aromatic N) is 2. The largest absolute Gasteiger partial charge is 0.352 e. The normalized spacial score (nSPS) is 12.7. The highest BCUT2D eigenvalue weighted by Crippen LogP contribution is 2.30. The second kappa shape index (κ2) is 15.8. The SMILES string of the molecule is CC[C@@H](C)NC(=O)[C@H](Cc1ccccc1)N(Cc1ccc(Cl)cc1)C(=O)CN(c1cc(Cl)cc(Cl)c1)S(=O)(=O)c1ccc(C)cc1. The first-order chi connectivity index (χ1) is 21.9. The van der Waals surface area contributed by atoms with Crippen LogP contribution in [0.2, 0.25) is 15.1 Å². The van der Waals surface area contributed by atoms with E-state index in [1.807, 2.05) is 51.1 Å². The summed E-state index contributed by atoms with van der Waals surface area (Å²) in [5, 5.41) is 3.94. The molecule has 0 fully saturated rings. The summed E-state index contributed by atoms with van der Waals surface area (Å²) in [7, 11) is -4.29. The fourth-order valence-corrected chi connectivity index (χ4v) is 6.87. The summed E-state index contributed by atoms with van der Waals surface area (Å²) in [6.45, 7) is 5.10. The Balaban J connectivity index is 1.83. The standard InChI is InChI=1S/C35H36Cl3N3O4S/c1-4-25(3)39-35(43)33(18-26-8-6-5-7-9-26)40(22-27-12-14-28(36)15-13-27)34(42)23-41(31-20-29(37)19-30(38)21-31)46(44,45)32-16-10-24(2)11-17-32/h5-17,19-21,25,33H,4,18,22-23H2,1-3H3,(H,39,43)/t25-,33+/m1/s1. The van der Waals surface area contributed by atoms with Crippen molar-refractivity contribution in [3.05, 3.63) is 129 Å². The number of carbonyl (C=O) groups is 2. The van der Waals surface area contributed by atoms with E-state index in [9.17, 15) is 18.0 Å². The van der Waals surface area contributed by atoms with Gasteiger partial charge in [0.15, 0.2) is 0 Å². The summed E-state index contributed by atoms with van der Waals surface area (Å²) in [5.41, 5.74) is 2.54. The Labute approximate surface area is 286 Å². The van der Waals surface area contributed by atoms with E-state index in [4.69, 9.17) is 34.8 Å². The molecule has 7 nitrogen and oxygen atoms in total. The fraction of sp³-hybridized carbons (Fsp3) is 0.257. The number of hydrogen-bond acceptors (Lipinski definition) is 4. The molecule has 11 heteroatoms. The molecule has 0 aliphatic carbocycles. The van der Waals surface area contributed by atoms with Gasteiger partial charge in [-0.15, -0.1) is 0 Å². The van der Waals surface area contributed by atoms with E-state index in [0.717, 1.165) is 15.4 Å². The lowest BCUT2D eigenvalue weighted by atomic mass is 10.0. The highest BCUT2D eigenvalue weighted by atomic mass is 35.5. The van der Waals surface area contributed by atoms with E-state index < -0.39 is 28.5 Å². The van der Waals surface area contributed by atoms with Gasteiger partial charge in [-0.3, -0.25) is 13.9 Å². The molecule has 0 heterocycles. The molecule has 0 aliphatic heterocycles. The lowest BCUT2D eigenvalue weighted by Gasteiger charge is -2.34. The van der Waals surface area contributed by atoms with Crippen LogP contribution >= 0.6 is 34.8 Å². The zero-order valence-electron chi connectivity index (χ0n) is 25.8. The number of hydrogen-bond donors (Lipinski definition) is 1. The van der Waals surface area contributed by atoms with Crippen LogP contribution in [0.15, 0.2) is 102 Å². The van der Waals surface area contributed by atoms with Gasteiger partial charge in [0, 0.05) is 34.1 Å². The maximum atomic E-state index is 14.5. The number of sulfonamides is 1. The zero-order chi connectivity index (χ0) is 33.4. The molecule has 46 heavy (non-hydrogen) atoms. The zero-order valence-corrected chi connectivity index (χ0v) is 28.9. The number of amides is 2. The molecule has 1 N–H and O–H groups in total. The van der Waals surface area contributed by atoms with Gasteiger partial charge < -0.3 is 10.2 Å². The van der Waals surface area contributed by atoms with Gasteiger partial charge in [0.2, 0.25) is 11.8 Å². The van der Waals surface area contributed by atoms with Gasteiger partial charge in [-0.1, -0.05) is 102 Å². The number of rotatable bonds is 13. The summed E-state index contributed by atoms with van der Waals surface area (Å²) in [5.74, 6) is -0.943. The third-order valence-corrected chi connectivity index (χ3v) is 10.0. The molecular formula is C35H36Cl3N3O4S. The van der Waals surface area contributed by atoms with Crippen molar-refractivity contribution in [2.24, 2.45) is 0 Å². The van der Waals surface area contributed by atoms with Gasteiger partial charge in [0.1, 0.15) is 12.6 Å². The van der Waals surface area contributed by atoms with E-state index in [1.165, 1.54) is 35.2 Å². The molecule has 0 bridgehead atoms. The molecule has 4 aromatic rings. The van der Waals surface area contributed by atoms with E-state index in [0.29, 0.717) is 17.0 Å². The van der Waals surface area contributed by atoms with Gasteiger partial charge in [-0.25, -0.2) is 8.42 Å². The first-order valence-electron chi connectivity index (χ1n) is 14.8. The van der Waals surface area contributed by atoms with Gasteiger partial charge >= 0.3 is 0 Å². The molecule has 0 unspecified atom stereocenters. The van der Waals surface area contributed by atoms with Crippen molar-refractivity contribution in [1.29, 1.82) is 0 Å². The fourth-order valence-electron chi connectivity index (χ4n) is 4.83. The lowest BCUT2D eigenvalue weighted by Crippen LogP contribution is -2.54. The molecule has 4 rings (SSSR count). The maximum absolute atomic E-state index is 14.5. The van der Waals surface area contributed by atoms with Crippen LogP contribution in [-0.2, 0) is 32.6 Å². The van der Waals surface area contributed by atoms with Crippen molar-refractivity contribution in [3.8, 4) is 0 Å². The summed E-state index contributed by atoms with van der Waals surface area (Å²) >= 11 is 18.8.